The zero-order chi connectivity index (χ0) is 12.3. The molecule has 2 rings (SSSR count). The lowest BCUT2D eigenvalue weighted by atomic mass is 9.92. The molecule has 0 radical (unpaired) electrons. The van der Waals surface area contributed by atoms with Crippen LogP contribution in [0.25, 0.3) is 0 Å². The van der Waals surface area contributed by atoms with E-state index < -0.39 is 0 Å². The Bertz CT molecular complexity index is 362. The van der Waals surface area contributed by atoms with Crippen LogP contribution in [-0.2, 0) is 24.1 Å². The van der Waals surface area contributed by atoms with Crippen LogP contribution in [0.1, 0.15) is 31.7 Å². The molecule has 0 spiro atoms. The highest BCUT2D eigenvalue weighted by Gasteiger charge is 2.24. The van der Waals surface area contributed by atoms with Crippen molar-refractivity contribution in [1.82, 2.24) is 9.78 Å². The molecule has 1 aromatic heterocycles. The van der Waals surface area contributed by atoms with Crippen molar-refractivity contribution in [3.63, 3.8) is 0 Å². The number of rotatable bonds is 4. The number of nitrogens with zero attached hydrogens (tertiary/aromatic N) is 2. The maximum Gasteiger partial charge on any atom is 0.0624 e. The highest BCUT2D eigenvalue weighted by atomic mass is 16.5. The molecule has 96 valence electrons. The fraction of sp³-hybridized carbons (Fsp3) is 0.769. The Labute approximate surface area is 103 Å². The van der Waals surface area contributed by atoms with Gasteiger partial charge in [0.05, 0.1) is 12.3 Å². The summed E-state index contributed by atoms with van der Waals surface area (Å²) >= 11 is 0. The van der Waals surface area contributed by atoms with Crippen molar-refractivity contribution in [2.75, 3.05) is 13.2 Å². The van der Waals surface area contributed by atoms with Crippen LogP contribution in [0.3, 0.4) is 0 Å². The summed E-state index contributed by atoms with van der Waals surface area (Å²) in [6.45, 7) is 6.80. The van der Waals surface area contributed by atoms with E-state index in [1.807, 2.05) is 0 Å². The molecule has 1 aliphatic heterocycles. The van der Waals surface area contributed by atoms with Gasteiger partial charge in [-0.25, -0.2) is 0 Å². The second-order valence-corrected chi connectivity index (χ2v) is 4.79. The summed E-state index contributed by atoms with van der Waals surface area (Å²) in [5.74, 6) is 0.440. The third-order valence-corrected chi connectivity index (χ3v) is 3.58. The van der Waals surface area contributed by atoms with Crippen molar-refractivity contribution >= 4 is 0 Å². The highest BCUT2D eigenvalue weighted by molar-refractivity contribution is 5.12. The molecule has 0 aliphatic carbocycles. The number of hydrogen-bond donors (Lipinski definition) is 1. The molecule has 0 bridgehead atoms. The van der Waals surface area contributed by atoms with E-state index in [4.69, 9.17) is 10.5 Å². The first kappa shape index (κ1) is 12.6. The van der Waals surface area contributed by atoms with Crippen molar-refractivity contribution < 1.29 is 4.74 Å². The average Bonchev–Trinajstić information content (AvgIpc) is 2.74. The van der Waals surface area contributed by atoms with Crippen molar-refractivity contribution in [2.45, 2.75) is 45.7 Å². The van der Waals surface area contributed by atoms with Gasteiger partial charge in [-0.15, -0.1) is 0 Å². The van der Waals surface area contributed by atoms with E-state index in [-0.39, 0.29) is 6.04 Å². The van der Waals surface area contributed by atoms with E-state index in [0.717, 1.165) is 39.0 Å². The lowest BCUT2D eigenvalue weighted by Crippen LogP contribution is -2.40. The minimum absolute atomic E-state index is 0.272. The lowest BCUT2D eigenvalue weighted by Gasteiger charge is -2.28. The molecule has 1 aliphatic rings. The molecular weight excluding hydrogens is 214 g/mol. The standard InChI is InChI=1S/C13H23N3O/c1-3-11-8-12(16(4-2)15-11)7-10-9-17-6-5-13(10)14/h8,10,13H,3-7,9,14H2,1-2H3. The maximum atomic E-state index is 6.15. The number of aromatic nitrogens is 2. The Balaban J connectivity index is 2.08. The van der Waals surface area contributed by atoms with Crippen LogP contribution in [0.15, 0.2) is 6.07 Å². The zero-order valence-corrected chi connectivity index (χ0v) is 10.9. The summed E-state index contributed by atoms with van der Waals surface area (Å²) < 4.78 is 7.62. The van der Waals surface area contributed by atoms with Crippen LogP contribution in [0.5, 0.6) is 0 Å². The fourth-order valence-corrected chi connectivity index (χ4v) is 2.42. The third-order valence-electron chi connectivity index (χ3n) is 3.58. The van der Waals surface area contributed by atoms with Gasteiger partial charge in [0.2, 0.25) is 0 Å². The van der Waals surface area contributed by atoms with Crippen LogP contribution in [0.2, 0.25) is 0 Å². The third kappa shape index (κ3) is 2.87. The molecule has 2 unspecified atom stereocenters. The van der Waals surface area contributed by atoms with Gasteiger partial charge in [0.15, 0.2) is 0 Å². The summed E-state index contributed by atoms with van der Waals surface area (Å²) in [5.41, 5.74) is 8.62. The molecule has 4 nitrogen and oxygen atoms in total. The first-order chi connectivity index (χ1) is 8.24. The summed E-state index contributed by atoms with van der Waals surface area (Å²) in [4.78, 5) is 0. The van der Waals surface area contributed by atoms with Gasteiger partial charge in [0.1, 0.15) is 0 Å². The van der Waals surface area contributed by atoms with E-state index in [1.165, 1.54) is 11.4 Å². The summed E-state index contributed by atoms with van der Waals surface area (Å²) in [6, 6.07) is 2.49. The smallest absolute Gasteiger partial charge is 0.0624 e. The highest BCUT2D eigenvalue weighted by Crippen LogP contribution is 2.19. The van der Waals surface area contributed by atoms with Gasteiger partial charge in [-0.05, 0) is 32.3 Å². The molecule has 2 atom stereocenters. The Morgan fingerprint density at radius 1 is 1.53 bits per heavy atom. The van der Waals surface area contributed by atoms with Gasteiger partial charge >= 0.3 is 0 Å². The molecule has 0 saturated carbocycles. The molecule has 2 heterocycles. The number of aryl methyl sites for hydroxylation is 2. The molecule has 0 aromatic carbocycles. The predicted octanol–water partition coefficient (Wildman–Crippen LogP) is 1.37. The number of nitrogens with two attached hydrogens (primary N) is 1. The second kappa shape index (κ2) is 5.65. The van der Waals surface area contributed by atoms with Crippen molar-refractivity contribution in [2.24, 2.45) is 11.7 Å². The van der Waals surface area contributed by atoms with E-state index in [2.05, 4.69) is 29.7 Å². The van der Waals surface area contributed by atoms with Crippen LogP contribution < -0.4 is 5.73 Å². The summed E-state index contributed by atoms with van der Waals surface area (Å²) in [7, 11) is 0. The van der Waals surface area contributed by atoms with E-state index in [0.29, 0.717) is 5.92 Å². The van der Waals surface area contributed by atoms with E-state index in [9.17, 15) is 0 Å². The zero-order valence-electron chi connectivity index (χ0n) is 10.9. The van der Waals surface area contributed by atoms with Crippen molar-refractivity contribution in [1.29, 1.82) is 0 Å². The second-order valence-electron chi connectivity index (χ2n) is 4.79. The molecular formula is C13H23N3O. The summed E-state index contributed by atoms with van der Waals surface area (Å²) in [5, 5.41) is 4.57. The largest absolute Gasteiger partial charge is 0.381 e. The fourth-order valence-electron chi connectivity index (χ4n) is 2.42. The lowest BCUT2D eigenvalue weighted by molar-refractivity contribution is 0.0415. The predicted molar refractivity (Wildman–Crippen MR) is 67.9 cm³/mol. The minimum Gasteiger partial charge on any atom is -0.381 e. The molecule has 1 fully saturated rings. The van der Waals surface area contributed by atoms with Crippen LogP contribution in [0, 0.1) is 5.92 Å². The van der Waals surface area contributed by atoms with E-state index >= 15 is 0 Å². The van der Waals surface area contributed by atoms with Gasteiger partial charge in [0.25, 0.3) is 0 Å². The van der Waals surface area contributed by atoms with E-state index in [1.54, 1.807) is 0 Å². The average molecular weight is 237 g/mol. The molecule has 0 amide bonds. The van der Waals surface area contributed by atoms with Gasteiger partial charge in [-0.3, -0.25) is 4.68 Å². The quantitative estimate of drug-likeness (QED) is 0.860. The SMILES string of the molecule is CCc1cc(CC2COCCC2N)n(CC)n1. The van der Waals surface area contributed by atoms with Crippen LogP contribution in [-0.4, -0.2) is 29.0 Å². The molecule has 1 saturated heterocycles. The number of ether oxygens (including phenoxy) is 1. The van der Waals surface area contributed by atoms with Gasteiger partial charge in [-0.1, -0.05) is 6.92 Å². The maximum absolute atomic E-state index is 6.15. The normalized spacial score (nSPS) is 25.1. The first-order valence-corrected chi connectivity index (χ1v) is 6.63. The van der Waals surface area contributed by atoms with Crippen LogP contribution >= 0.6 is 0 Å². The molecule has 1 aromatic rings. The minimum atomic E-state index is 0.272. The Kier molecular flexibility index (Phi) is 4.18. The van der Waals surface area contributed by atoms with Gasteiger partial charge in [0, 0.05) is 30.8 Å². The Hall–Kier alpha value is -0.870. The van der Waals surface area contributed by atoms with Gasteiger partial charge < -0.3 is 10.5 Å². The van der Waals surface area contributed by atoms with Crippen LogP contribution in [0.4, 0.5) is 0 Å². The Morgan fingerprint density at radius 3 is 3.00 bits per heavy atom. The monoisotopic (exact) mass is 237 g/mol. The molecule has 17 heavy (non-hydrogen) atoms. The van der Waals surface area contributed by atoms with Crippen molar-refractivity contribution in [3.8, 4) is 0 Å². The summed E-state index contributed by atoms with van der Waals surface area (Å²) in [6.07, 6.45) is 2.96. The topological polar surface area (TPSA) is 53.1 Å². The first-order valence-electron chi connectivity index (χ1n) is 6.63. The van der Waals surface area contributed by atoms with Crippen molar-refractivity contribution in [3.05, 3.63) is 17.5 Å². The molecule has 2 N–H and O–H groups in total. The number of hydrogen-bond acceptors (Lipinski definition) is 3. The Morgan fingerprint density at radius 2 is 2.35 bits per heavy atom. The van der Waals surface area contributed by atoms with Gasteiger partial charge in [-0.2, -0.15) is 5.10 Å². The molecule has 4 heteroatoms.